The lowest BCUT2D eigenvalue weighted by molar-refractivity contribution is 0.374. The number of hydrogen-bond acceptors (Lipinski definition) is 2. The van der Waals surface area contributed by atoms with Crippen LogP contribution in [0, 0.1) is 0 Å². The summed E-state index contributed by atoms with van der Waals surface area (Å²) in [6.45, 7) is 0. The summed E-state index contributed by atoms with van der Waals surface area (Å²) < 4.78 is 0. The second-order valence-corrected chi connectivity index (χ2v) is 5.07. The van der Waals surface area contributed by atoms with Crippen molar-refractivity contribution in [1.82, 2.24) is 0 Å². The van der Waals surface area contributed by atoms with E-state index in [1.165, 1.54) is 0 Å². The third-order valence-electron chi connectivity index (χ3n) is 2.53. The van der Waals surface area contributed by atoms with Gasteiger partial charge >= 0.3 is 0 Å². The number of hydrogen-bond donors (Lipinski definition) is 2. The number of nitrogens with two attached hydrogens (primary N) is 1. The van der Waals surface area contributed by atoms with Crippen LogP contribution in [0.2, 0.25) is 15.1 Å². The Morgan fingerprint density at radius 2 is 1.67 bits per heavy atom. The lowest BCUT2D eigenvalue weighted by atomic mass is 9.87. The maximum absolute atomic E-state index is 6.03. The topological polar surface area (TPSA) is 38.0 Å². The van der Waals surface area contributed by atoms with Gasteiger partial charge in [-0.05, 0) is 25.0 Å². The van der Waals surface area contributed by atoms with Crippen molar-refractivity contribution >= 4 is 40.5 Å². The molecule has 0 atom stereocenters. The number of benzene rings is 1. The molecule has 0 aromatic heterocycles. The van der Waals surface area contributed by atoms with Crippen LogP contribution in [0.4, 0.5) is 5.69 Å². The van der Waals surface area contributed by atoms with Gasteiger partial charge in [0.25, 0.3) is 0 Å². The van der Waals surface area contributed by atoms with Gasteiger partial charge in [-0.15, -0.1) is 0 Å². The van der Waals surface area contributed by atoms with E-state index in [-0.39, 0.29) is 0 Å². The highest BCUT2D eigenvalue weighted by atomic mass is 35.5. The van der Waals surface area contributed by atoms with Crippen molar-refractivity contribution in [2.45, 2.75) is 24.9 Å². The van der Waals surface area contributed by atoms with Crippen LogP contribution in [-0.4, -0.2) is 12.1 Å². The van der Waals surface area contributed by atoms with E-state index >= 15 is 0 Å². The zero-order valence-corrected chi connectivity index (χ0v) is 10.2. The summed E-state index contributed by atoms with van der Waals surface area (Å²) in [4.78, 5) is 0. The van der Waals surface area contributed by atoms with Gasteiger partial charge in [0.15, 0.2) is 0 Å². The molecule has 1 aliphatic rings. The molecule has 1 aromatic rings. The number of halogens is 3. The summed E-state index contributed by atoms with van der Waals surface area (Å²) in [6.07, 6.45) is 1.91. The fourth-order valence-electron chi connectivity index (χ4n) is 1.66. The van der Waals surface area contributed by atoms with Gasteiger partial charge in [-0.3, -0.25) is 0 Å². The molecule has 0 aliphatic heterocycles. The van der Waals surface area contributed by atoms with E-state index in [2.05, 4.69) is 5.32 Å². The molecule has 1 fully saturated rings. The standard InChI is InChI=1S/C10H11Cl3N2/c11-5-1-8(12)10(9(13)2-5)15-7-3-6(14)4-7/h1-2,6-7,15H,3-4,14H2. The van der Waals surface area contributed by atoms with Crippen molar-refractivity contribution in [3.05, 3.63) is 27.2 Å². The molecule has 0 spiro atoms. The second-order valence-electron chi connectivity index (χ2n) is 3.82. The van der Waals surface area contributed by atoms with Crippen LogP contribution >= 0.6 is 34.8 Å². The molecule has 0 unspecified atom stereocenters. The van der Waals surface area contributed by atoms with E-state index < -0.39 is 0 Å². The van der Waals surface area contributed by atoms with Crippen LogP contribution < -0.4 is 11.1 Å². The summed E-state index contributed by atoms with van der Waals surface area (Å²) >= 11 is 17.9. The molecule has 5 heteroatoms. The average molecular weight is 266 g/mol. The second kappa shape index (κ2) is 4.38. The molecule has 0 heterocycles. The summed E-state index contributed by atoms with van der Waals surface area (Å²) in [5.41, 5.74) is 6.45. The van der Waals surface area contributed by atoms with Gasteiger partial charge in [-0.2, -0.15) is 0 Å². The van der Waals surface area contributed by atoms with E-state index in [1.54, 1.807) is 12.1 Å². The predicted octanol–water partition coefficient (Wildman–Crippen LogP) is 3.55. The van der Waals surface area contributed by atoms with Crippen molar-refractivity contribution in [3.8, 4) is 0 Å². The molecule has 15 heavy (non-hydrogen) atoms. The molecular weight excluding hydrogens is 254 g/mol. The fourth-order valence-corrected chi connectivity index (χ4v) is 2.59. The van der Waals surface area contributed by atoms with Crippen molar-refractivity contribution < 1.29 is 0 Å². The molecule has 3 N–H and O–H groups in total. The van der Waals surface area contributed by atoms with Crippen LogP contribution in [0.5, 0.6) is 0 Å². The van der Waals surface area contributed by atoms with E-state index in [1.807, 2.05) is 0 Å². The molecule has 2 nitrogen and oxygen atoms in total. The normalized spacial score (nSPS) is 24.8. The van der Waals surface area contributed by atoms with Gasteiger partial charge in [0.2, 0.25) is 0 Å². The Bertz CT molecular complexity index is 352. The first-order valence-corrected chi connectivity index (χ1v) is 5.86. The molecule has 0 radical (unpaired) electrons. The first-order chi connectivity index (χ1) is 7.06. The summed E-state index contributed by atoms with van der Waals surface area (Å²) in [5.74, 6) is 0. The minimum atomic E-state index is 0.298. The van der Waals surface area contributed by atoms with Crippen molar-refractivity contribution in [3.63, 3.8) is 0 Å². The van der Waals surface area contributed by atoms with E-state index in [0.29, 0.717) is 27.2 Å². The Morgan fingerprint density at radius 3 is 2.13 bits per heavy atom. The molecule has 82 valence electrons. The first-order valence-electron chi connectivity index (χ1n) is 4.73. The predicted molar refractivity (Wildman–Crippen MR) is 66.1 cm³/mol. The zero-order valence-electron chi connectivity index (χ0n) is 7.93. The average Bonchev–Trinajstić information content (AvgIpc) is 2.07. The van der Waals surface area contributed by atoms with Crippen LogP contribution in [0.15, 0.2) is 12.1 Å². The third-order valence-corrected chi connectivity index (χ3v) is 3.34. The van der Waals surface area contributed by atoms with Crippen LogP contribution in [0.3, 0.4) is 0 Å². The highest BCUT2D eigenvalue weighted by molar-refractivity contribution is 6.41. The maximum atomic E-state index is 6.03. The number of rotatable bonds is 2. The van der Waals surface area contributed by atoms with E-state index in [4.69, 9.17) is 40.5 Å². The Kier molecular flexibility index (Phi) is 3.31. The van der Waals surface area contributed by atoms with Gasteiger partial charge < -0.3 is 11.1 Å². The van der Waals surface area contributed by atoms with Crippen molar-refractivity contribution in [2.24, 2.45) is 5.73 Å². The van der Waals surface area contributed by atoms with Crippen LogP contribution in [0.25, 0.3) is 0 Å². The van der Waals surface area contributed by atoms with Crippen molar-refractivity contribution in [1.29, 1.82) is 0 Å². The Hall–Kier alpha value is -0.150. The van der Waals surface area contributed by atoms with Gasteiger partial charge in [0, 0.05) is 17.1 Å². The molecule has 1 saturated carbocycles. The lowest BCUT2D eigenvalue weighted by Gasteiger charge is -2.34. The number of nitrogens with one attached hydrogen (secondary N) is 1. The Labute approximate surface area is 104 Å². The minimum absolute atomic E-state index is 0.298. The minimum Gasteiger partial charge on any atom is -0.380 e. The maximum Gasteiger partial charge on any atom is 0.0722 e. The molecule has 1 aromatic carbocycles. The highest BCUT2D eigenvalue weighted by Crippen LogP contribution is 2.36. The molecule has 0 saturated heterocycles. The van der Waals surface area contributed by atoms with Gasteiger partial charge in [0.05, 0.1) is 15.7 Å². The van der Waals surface area contributed by atoms with Crippen LogP contribution in [-0.2, 0) is 0 Å². The fraction of sp³-hybridized carbons (Fsp3) is 0.400. The molecule has 2 rings (SSSR count). The van der Waals surface area contributed by atoms with E-state index in [9.17, 15) is 0 Å². The van der Waals surface area contributed by atoms with Crippen LogP contribution in [0.1, 0.15) is 12.8 Å². The van der Waals surface area contributed by atoms with Gasteiger partial charge in [0.1, 0.15) is 0 Å². The third kappa shape index (κ3) is 2.51. The molecule has 1 aliphatic carbocycles. The first kappa shape index (κ1) is 11.3. The van der Waals surface area contributed by atoms with Gasteiger partial charge in [-0.25, -0.2) is 0 Å². The molecule has 0 bridgehead atoms. The number of anilines is 1. The largest absolute Gasteiger partial charge is 0.380 e. The lowest BCUT2D eigenvalue weighted by Crippen LogP contribution is -2.44. The van der Waals surface area contributed by atoms with E-state index in [0.717, 1.165) is 18.5 Å². The zero-order chi connectivity index (χ0) is 11.0. The SMILES string of the molecule is NC1CC(Nc2c(Cl)cc(Cl)cc2Cl)C1. The summed E-state index contributed by atoms with van der Waals surface area (Å²) in [6, 6.07) is 4.02. The summed E-state index contributed by atoms with van der Waals surface area (Å²) in [5, 5.41) is 4.91. The summed E-state index contributed by atoms with van der Waals surface area (Å²) in [7, 11) is 0. The monoisotopic (exact) mass is 264 g/mol. The Morgan fingerprint density at radius 1 is 1.13 bits per heavy atom. The highest BCUT2D eigenvalue weighted by Gasteiger charge is 2.26. The molecular formula is C10H11Cl3N2. The smallest absolute Gasteiger partial charge is 0.0722 e. The van der Waals surface area contributed by atoms with Crippen molar-refractivity contribution in [2.75, 3.05) is 5.32 Å². The Balaban J connectivity index is 2.14. The molecule has 0 amide bonds. The van der Waals surface area contributed by atoms with Gasteiger partial charge in [-0.1, -0.05) is 34.8 Å². The quantitative estimate of drug-likeness (QED) is 0.858.